The van der Waals surface area contributed by atoms with E-state index in [0.717, 1.165) is 12.2 Å². The van der Waals surface area contributed by atoms with Crippen LogP contribution in [0.2, 0.25) is 0 Å². The third-order valence-electron chi connectivity index (χ3n) is 3.06. The second-order valence-electron chi connectivity index (χ2n) is 6.11. The molecule has 0 aromatic rings. The lowest BCUT2D eigenvalue weighted by molar-refractivity contribution is -0.132. The molecule has 1 saturated heterocycles. The molecule has 1 amide bonds. The zero-order valence-corrected chi connectivity index (χ0v) is 13.9. The van der Waals surface area contributed by atoms with E-state index in [9.17, 15) is 13.2 Å². The van der Waals surface area contributed by atoms with Gasteiger partial charge in [-0.1, -0.05) is 20.8 Å². The quantitative estimate of drug-likeness (QED) is 0.745. The average Bonchev–Trinajstić information content (AvgIpc) is 2.21. The van der Waals surface area contributed by atoms with E-state index in [2.05, 4.69) is 20.8 Å². The van der Waals surface area contributed by atoms with Gasteiger partial charge in [0.15, 0.2) is 9.84 Å². The Balaban J connectivity index is 2.34. The first-order valence-electron chi connectivity index (χ1n) is 6.74. The Morgan fingerprint density at radius 3 is 2.53 bits per heavy atom. The number of nitrogens with zero attached hydrogens (tertiary/aromatic N) is 1. The number of carbonyl (C=O) groups excluding carboxylic acids is 1. The molecule has 1 atom stereocenters. The van der Waals surface area contributed by atoms with E-state index >= 15 is 0 Å². The lowest BCUT2D eigenvalue weighted by Gasteiger charge is -2.33. The van der Waals surface area contributed by atoms with Crippen LogP contribution in [0.5, 0.6) is 0 Å². The Labute approximate surface area is 121 Å². The molecule has 0 aliphatic carbocycles. The maximum atomic E-state index is 12.1. The molecule has 1 aliphatic heterocycles. The van der Waals surface area contributed by atoms with Crippen molar-refractivity contribution >= 4 is 27.5 Å². The number of hydrogen-bond acceptors (Lipinski definition) is 4. The predicted octanol–water partition coefficient (Wildman–Crippen LogP) is 1.94. The van der Waals surface area contributed by atoms with Crippen molar-refractivity contribution in [1.82, 2.24) is 4.90 Å². The van der Waals surface area contributed by atoms with Crippen molar-refractivity contribution in [3.8, 4) is 0 Å². The first-order valence-corrected chi connectivity index (χ1v) is 9.55. The normalized spacial score (nSPS) is 23.4. The van der Waals surface area contributed by atoms with Gasteiger partial charge in [0.1, 0.15) is 0 Å². The van der Waals surface area contributed by atoms with Gasteiger partial charge in [-0.05, 0) is 19.1 Å². The van der Waals surface area contributed by atoms with Crippen LogP contribution in [0.15, 0.2) is 0 Å². The van der Waals surface area contributed by atoms with Gasteiger partial charge in [-0.3, -0.25) is 4.79 Å². The molecule has 19 heavy (non-hydrogen) atoms. The van der Waals surface area contributed by atoms with E-state index in [0.29, 0.717) is 13.0 Å². The largest absolute Gasteiger partial charge is 0.338 e. The smallest absolute Gasteiger partial charge is 0.222 e. The average molecular weight is 307 g/mol. The van der Waals surface area contributed by atoms with Gasteiger partial charge in [0.25, 0.3) is 0 Å². The molecule has 112 valence electrons. The summed E-state index contributed by atoms with van der Waals surface area (Å²) in [4.78, 5) is 13.8. The van der Waals surface area contributed by atoms with E-state index in [1.807, 2.05) is 18.7 Å². The van der Waals surface area contributed by atoms with E-state index in [1.54, 1.807) is 4.90 Å². The maximum Gasteiger partial charge on any atom is 0.222 e. The number of hydrogen-bond donors (Lipinski definition) is 0. The Hall–Kier alpha value is -0.230. The van der Waals surface area contributed by atoms with Crippen molar-refractivity contribution < 1.29 is 13.2 Å². The molecule has 1 heterocycles. The van der Waals surface area contributed by atoms with E-state index in [4.69, 9.17) is 0 Å². The minimum absolute atomic E-state index is 0.0944. The number of sulfone groups is 1. The van der Waals surface area contributed by atoms with Crippen molar-refractivity contribution in [2.45, 2.75) is 51.3 Å². The third kappa shape index (κ3) is 6.17. The first kappa shape index (κ1) is 16.8. The molecule has 1 unspecified atom stereocenters. The molecular formula is C13H25NO3S2. The standard InChI is InChI=1S/C13H25NO3S2/c1-11-10-19(16,17)9-7-14(11)12(15)6-5-8-18-13(2,3)4/h11H,5-10H2,1-4H3. The predicted molar refractivity (Wildman–Crippen MR) is 81.3 cm³/mol. The highest BCUT2D eigenvalue weighted by Gasteiger charge is 2.30. The zero-order valence-electron chi connectivity index (χ0n) is 12.3. The zero-order chi connectivity index (χ0) is 14.7. The monoisotopic (exact) mass is 307 g/mol. The summed E-state index contributed by atoms with van der Waals surface area (Å²) in [5.74, 6) is 1.28. The first-order chi connectivity index (χ1) is 8.61. The molecule has 0 bridgehead atoms. The molecule has 0 aromatic heterocycles. The second kappa shape index (κ2) is 6.48. The molecule has 0 spiro atoms. The van der Waals surface area contributed by atoms with Crippen molar-refractivity contribution in [1.29, 1.82) is 0 Å². The summed E-state index contributed by atoms with van der Waals surface area (Å²) < 4.78 is 23.1. The fourth-order valence-electron chi connectivity index (χ4n) is 2.11. The van der Waals surface area contributed by atoms with Crippen LogP contribution < -0.4 is 0 Å². The summed E-state index contributed by atoms with van der Waals surface area (Å²) in [5.41, 5.74) is 0. The number of rotatable bonds is 4. The molecule has 0 saturated carbocycles. The van der Waals surface area contributed by atoms with Crippen molar-refractivity contribution in [2.24, 2.45) is 0 Å². The van der Waals surface area contributed by atoms with Gasteiger partial charge in [0, 0.05) is 23.8 Å². The van der Waals surface area contributed by atoms with Gasteiger partial charge in [-0.15, -0.1) is 0 Å². The van der Waals surface area contributed by atoms with Crippen LogP contribution in [0.25, 0.3) is 0 Å². The highest BCUT2D eigenvalue weighted by Crippen LogP contribution is 2.24. The van der Waals surface area contributed by atoms with Gasteiger partial charge in [-0.2, -0.15) is 11.8 Å². The highest BCUT2D eigenvalue weighted by molar-refractivity contribution is 8.00. The van der Waals surface area contributed by atoms with E-state index < -0.39 is 9.84 Å². The fourth-order valence-corrected chi connectivity index (χ4v) is 4.57. The molecule has 4 nitrogen and oxygen atoms in total. The van der Waals surface area contributed by atoms with Gasteiger partial charge in [0.05, 0.1) is 11.5 Å². The number of carbonyl (C=O) groups is 1. The molecule has 6 heteroatoms. The van der Waals surface area contributed by atoms with Crippen LogP contribution in [0, 0.1) is 0 Å². The molecule has 0 aromatic carbocycles. The van der Waals surface area contributed by atoms with Gasteiger partial charge in [-0.25, -0.2) is 8.42 Å². The van der Waals surface area contributed by atoms with Crippen LogP contribution in [-0.2, 0) is 14.6 Å². The molecule has 1 fully saturated rings. The molecule has 0 radical (unpaired) electrons. The lowest BCUT2D eigenvalue weighted by atomic mass is 10.2. The molecule has 1 rings (SSSR count). The summed E-state index contributed by atoms with van der Waals surface area (Å²) in [5, 5.41) is 0. The van der Waals surface area contributed by atoms with Crippen molar-refractivity contribution in [3.05, 3.63) is 0 Å². The minimum Gasteiger partial charge on any atom is -0.338 e. The van der Waals surface area contributed by atoms with Crippen molar-refractivity contribution in [2.75, 3.05) is 23.8 Å². The van der Waals surface area contributed by atoms with E-state index in [1.165, 1.54) is 0 Å². The number of amides is 1. The Morgan fingerprint density at radius 1 is 1.37 bits per heavy atom. The van der Waals surface area contributed by atoms with Crippen LogP contribution in [-0.4, -0.2) is 53.8 Å². The molecule has 0 N–H and O–H groups in total. The van der Waals surface area contributed by atoms with Crippen LogP contribution >= 0.6 is 11.8 Å². The van der Waals surface area contributed by atoms with E-state index in [-0.39, 0.29) is 28.2 Å². The van der Waals surface area contributed by atoms with Gasteiger partial charge < -0.3 is 4.90 Å². The SMILES string of the molecule is CC1CS(=O)(=O)CCN1C(=O)CCCSC(C)(C)C. The summed E-state index contributed by atoms with van der Waals surface area (Å²) in [7, 11) is -2.94. The Morgan fingerprint density at radius 2 is 2.00 bits per heavy atom. The Bertz CT molecular complexity index is 412. The topological polar surface area (TPSA) is 54.5 Å². The van der Waals surface area contributed by atoms with Gasteiger partial charge in [0.2, 0.25) is 5.91 Å². The van der Waals surface area contributed by atoms with Crippen LogP contribution in [0.1, 0.15) is 40.5 Å². The summed E-state index contributed by atoms with van der Waals surface area (Å²) in [6.07, 6.45) is 1.38. The van der Waals surface area contributed by atoms with Crippen LogP contribution in [0.3, 0.4) is 0 Å². The Kier molecular flexibility index (Phi) is 5.74. The van der Waals surface area contributed by atoms with Gasteiger partial charge >= 0.3 is 0 Å². The summed E-state index contributed by atoms with van der Waals surface area (Å²) >= 11 is 1.86. The second-order valence-corrected chi connectivity index (χ2v) is 10.3. The highest BCUT2D eigenvalue weighted by atomic mass is 32.2. The fraction of sp³-hybridized carbons (Fsp3) is 0.923. The lowest BCUT2D eigenvalue weighted by Crippen LogP contribution is -2.49. The van der Waals surface area contributed by atoms with Crippen LogP contribution in [0.4, 0.5) is 0 Å². The maximum absolute atomic E-state index is 12.1. The molecule has 1 aliphatic rings. The molecular weight excluding hydrogens is 282 g/mol. The third-order valence-corrected chi connectivity index (χ3v) is 6.21. The summed E-state index contributed by atoms with van der Waals surface area (Å²) in [6.45, 7) is 8.67. The summed E-state index contributed by atoms with van der Waals surface area (Å²) in [6, 6.07) is -0.179. The minimum atomic E-state index is -2.94. The van der Waals surface area contributed by atoms with Crippen molar-refractivity contribution in [3.63, 3.8) is 0 Å². The number of thioether (sulfide) groups is 1.